The van der Waals surface area contributed by atoms with Crippen molar-refractivity contribution in [3.8, 4) is 11.4 Å². The van der Waals surface area contributed by atoms with E-state index in [9.17, 15) is 0 Å². The number of piperidine rings is 1. The zero-order chi connectivity index (χ0) is 15.5. The van der Waals surface area contributed by atoms with Gasteiger partial charge in [-0.05, 0) is 31.4 Å². The lowest BCUT2D eigenvalue weighted by Gasteiger charge is -2.27. The van der Waals surface area contributed by atoms with Crippen molar-refractivity contribution in [1.82, 2.24) is 15.1 Å². The van der Waals surface area contributed by atoms with Crippen molar-refractivity contribution in [1.29, 1.82) is 0 Å². The molecule has 2 aliphatic rings. The molecule has 0 amide bonds. The Morgan fingerprint density at radius 2 is 2.00 bits per heavy atom. The molecular formula is C16H20N4O3. The van der Waals surface area contributed by atoms with Crippen LogP contribution < -0.4 is 4.90 Å². The Balaban J connectivity index is 1.48. The van der Waals surface area contributed by atoms with E-state index in [4.69, 9.17) is 14.0 Å². The normalized spacial score (nSPS) is 22.3. The highest BCUT2D eigenvalue weighted by Gasteiger charge is 2.23. The molecular weight excluding hydrogens is 296 g/mol. The van der Waals surface area contributed by atoms with Crippen molar-refractivity contribution < 1.29 is 14.0 Å². The molecule has 2 saturated heterocycles. The molecule has 7 nitrogen and oxygen atoms in total. The predicted octanol–water partition coefficient (Wildman–Crippen LogP) is 2.21. The molecule has 0 N–H and O–H groups in total. The molecule has 122 valence electrons. The average molecular weight is 316 g/mol. The van der Waals surface area contributed by atoms with E-state index in [2.05, 4.69) is 20.0 Å². The van der Waals surface area contributed by atoms with Gasteiger partial charge in [0.05, 0.1) is 19.8 Å². The van der Waals surface area contributed by atoms with Crippen molar-refractivity contribution in [3.63, 3.8) is 0 Å². The second-order valence-corrected chi connectivity index (χ2v) is 5.84. The fraction of sp³-hybridized carbons (Fsp3) is 0.562. The van der Waals surface area contributed by atoms with Crippen LogP contribution in [0.1, 0.15) is 31.3 Å². The van der Waals surface area contributed by atoms with Gasteiger partial charge < -0.3 is 18.9 Å². The van der Waals surface area contributed by atoms with Gasteiger partial charge in [-0.3, -0.25) is 0 Å². The minimum atomic E-state index is -0.273. The molecule has 0 aliphatic carbocycles. The average Bonchev–Trinajstić information content (AvgIpc) is 3.14. The standard InChI is InChI=1S/C16H20N4O3/c1-2-6-20(7-3-1)14-5-4-12(10-17-14)15-18-16(23-19-15)13-11-21-8-9-22-13/h4-5,10,13H,1-3,6-9,11H2. The summed E-state index contributed by atoms with van der Waals surface area (Å²) in [6.07, 6.45) is 5.32. The molecule has 2 aromatic rings. The first-order chi connectivity index (χ1) is 11.4. The van der Waals surface area contributed by atoms with Gasteiger partial charge in [0, 0.05) is 24.8 Å². The molecule has 1 atom stereocenters. The van der Waals surface area contributed by atoms with Gasteiger partial charge in [0.15, 0.2) is 6.10 Å². The van der Waals surface area contributed by atoms with Gasteiger partial charge >= 0.3 is 0 Å². The second-order valence-electron chi connectivity index (χ2n) is 5.84. The summed E-state index contributed by atoms with van der Waals surface area (Å²) in [5.74, 6) is 2.01. The lowest BCUT2D eigenvalue weighted by Crippen LogP contribution is -2.29. The summed E-state index contributed by atoms with van der Waals surface area (Å²) in [6, 6.07) is 4.01. The Morgan fingerprint density at radius 1 is 1.09 bits per heavy atom. The largest absolute Gasteiger partial charge is 0.376 e. The first-order valence-electron chi connectivity index (χ1n) is 8.14. The highest BCUT2D eigenvalue weighted by atomic mass is 16.6. The molecule has 0 bridgehead atoms. The molecule has 2 fully saturated rings. The van der Waals surface area contributed by atoms with E-state index in [1.807, 2.05) is 12.1 Å². The minimum Gasteiger partial charge on any atom is -0.376 e. The number of hydrogen-bond donors (Lipinski definition) is 0. The van der Waals surface area contributed by atoms with Crippen LogP contribution in [-0.4, -0.2) is 48.0 Å². The summed E-state index contributed by atoms with van der Waals surface area (Å²) in [6.45, 7) is 3.77. The van der Waals surface area contributed by atoms with E-state index in [1.54, 1.807) is 6.20 Å². The summed E-state index contributed by atoms with van der Waals surface area (Å²) < 4.78 is 16.2. The smallest absolute Gasteiger partial charge is 0.258 e. The number of hydrogen-bond acceptors (Lipinski definition) is 7. The van der Waals surface area contributed by atoms with Gasteiger partial charge in [0.25, 0.3) is 5.89 Å². The lowest BCUT2D eigenvalue weighted by atomic mass is 10.1. The molecule has 4 rings (SSSR count). The molecule has 4 heterocycles. The number of anilines is 1. The maximum absolute atomic E-state index is 5.57. The third-order valence-corrected chi connectivity index (χ3v) is 4.22. The maximum atomic E-state index is 5.57. The Morgan fingerprint density at radius 3 is 2.74 bits per heavy atom. The van der Waals surface area contributed by atoms with Gasteiger partial charge in [0.1, 0.15) is 5.82 Å². The molecule has 23 heavy (non-hydrogen) atoms. The highest BCUT2D eigenvalue weighted by molar-refractivity contribution is 5.55. The molecule has 2 aromatic heterocycles. The molecule has 2 aliphatic heterocycles. The molecule has 7 heteroatoms. The second kappa shape index (κ2) is 6.64. The fourth-order valence-corrected chi connectivity index (χ4v) is 2.94. The van der Waals surface area contributed by atoms with Crippen LogP contribution in [-0.2, 0) is 9.47 Å². The predicted molar refractivity (Wildman–Crippen MR) is 83.1 cm³/mol. The summed E-state index contributed by atoms with van der Waals surface area (Å²) in [7, 11) is 0. The van der Waals surface area contributed by atoms with Crippen LogP contribution in [0.3, 0.4) is 0 Å². The Bertz CT molecular complexity index is 631. The first-order valence-corrected chi connectivity index (χ1v) is 8.14. The van der Waals surface area contributed by atoms with Gasteiger partial charge in [-0.25, -0.2) is 4.98 Å². The summed E-state index contributed by atoms with van der Waals surface area (Å²) in [5.41, 5.74) is 0.845. The first kappa shape index (κ1) is 14.6. The van der Waals surface area contributed by atoms with Crippen LogP contribution >= 0.6 is 0 Å². The van der Waals surface area contributed by atoms with Crippen molar-refractivity contribution >= 4 is 5.82 Å². The number of pyridine rings is 1. The van der Waals surface area contributed by atoms with E-state index < -0.39 is 0 Å². The van der Waals surface area contributed by atoms with E-state index in [0.717, 1.165) is 24.5 Å². The molecule has 0 saturated carbocycles. The molecule has 0 aromatic carbocycles. The Hall–Kier alpha value is -1.99. The van der Waals surface area contributed by atoms with Crippen LogP contribution in [0, 0.1) is 0 Å². The third-order valence-electron chi connectivity index (χ3n) is 4.22. The minimum absolute atomic E-state index is 0.273. The van der Waals surface area contributed by atoms with Gasteiger partial charge in [-0.1, -0.05) is 5.16 Å². The highest BCUT2D eigenvalue weighted by Crippen LogP contribution is 2.24. The molecule has 0 spiro atoms. The quantitative estimate of drug-likeness (QED) is 0.859. The van der Waals surface area contributed by atoms with Gasteiger partial charge in [-0.15, -0.1) is 0 Å². The van der Waals surface area contributed by atoms with Crippen LogP contribution in [0.5, 0.6) is 0 Å². The number of nitrogens with zero attached hydrogens (tertiary/aromatic N) is 4. The number of rotatable bonds is 3. The van der Waals surface area contributed by atoms with E-state index in [-0.39, 0.29) is 6.10 Å². The Labute approximate surface area is 134 Å². The van der Waals surface area contributed by atoms with Crippen LogP contribution in [0.25, 0.3) is 11.4 Å². The van der Waals surface area contributed by atoms with Crippen molar-refractivity contribution in [3.05, 3.63) is 24.2 Å². The van der Waals surface area contributed by atoms with E-state index >= 15 is 0 Å². The van der Waals surface area contributed by atoms with E-state index in [1.165, 1.54) is 19.3 Å². The number of aromatic nitrogens is 3. The summed E-state index contributed by atoms with van der Waals surface area (Å²) in [4.78, 5) is 11.3. The van der Waals surface area contributed by atoms with E-state index in [0.29, 0.717) is 31.5 Å². The maximum Gasteiger partial charge on any atom is 0.258 e. The molecule has 0 radical (unpaired) electrons. The van der Waals surface area contributed by atoms with Crippen molar-refractivity contribution in [2.75, 3.05) is 37.8 Å². The fourth-order valence-electron chi connectivity index (χ4n) is 2.94. The zero-order valence-electron chi connectivity index (χ0n) is 13.0. The monoisotopic (exact) mass is 316 g/mol. The zero-order valence-corrected chi connectivity index (χ0v) is 13.0. The summed E-state index contributed by atoms with van der Waals surface area (Å²) in [5, 5.41) is 4.03. The van der Waals surface area contributed by atoms with Crippen molar-refractivity contribution in [2.24, 2.45) is 0 Å². The topological polar surface area (TPSA) is 73.5 Å². The number of ether oxygens (including phenoxy) is 2. The van der Waals surface area contributed by atoms with Crippen LogP contribution in [0.15, 0.2) is 22.9 Å². The van der Waals surface area contributed by atoms with Crippen LogP contribution in [0.4, 0.5) is 5.82 Å². The van der Waals surface area contributed by atoms with Crippen molar-refractivity contribution in [2.45, 2.75) is 25.4 Å². The van der Waals surface area contributed by atoms with Gasteiger partial charge in [-0.2, -0.15) is 4.98 Å². The summed E-state index contributed by atoms with van der Waals surface area (Å²) >= 11 is 0. The van der Waals surface area contributed by atoms with Crippen LogP contribution in [0.2, 0.25) is 0 Å². The molecule has 1 unspecified atom stereocenters. The third kappa shape index (κ3) is 3.20. The van der Waals surface area contributed by atoms with Gasteiger partial charge in [0.2, 0.25) is 5.82 Å². The lowest BCUT2D eigenvalue weighted by molar-refractivity contribution is -0.101. The Kier molecular flexibility index (Phi) is 4.21. The SMILES string of the molecule is c1cc(N2CCCCC2)ncc1-c1noc(C2COCCO2)n1.